The molecule has 3 heterocycles. The molecule has 3 aromatic carbocycles. The highest BCUT2D eigenvalue weighted by molar-refractivity contribution is 6.09. The standard InChI is InChI=1S/C27H20N2O2/c1-3-8-21-22(4-2)29-23-15-17(13-14-25(23)30-16-26(29)28-21)18-10-7-11-20-19-9-5-6-12-24(19)31-27(18)20/h3-15H,2,16H2,1H3/b8-3-. The second-order valence-corrected chi connectivity index (χ2v) is 7.59. The number of allylic oxidation sites excluding steroid dienone is 1. The van der Waals surface area contributed by atoms with Gasteiger partial charge in [0.1, 0.15) is 23.5 Å². The maximum absolute atomic E-state index is 6.26. The zero-order valence-electron chi connectivity index (χ0n) is 17.1. The number of hydrogen-bond acceptors (Lipinski definition) is 3. The highest BCUT2D eigenvalue weighted by atomic mass is 16.5. The van der Waals surface area contributed by atoms with Crippen LogP contribution in [0.2, 0.25) is 0 Å². The van der Waals surface area contributed by atoms with Crippen LogP contribution in [-0.4, -0.2) is 9.55 Å². The zero-order chi connectivity index (χ0) is 20.9. The molecule has 0 radical (unpaired) electrons. The molecule has 2 aromatic heterocycles. The lowest BCUT2D eigenvalue weighted by Gasteiger charge is -2.21. The minimum Gasteiger partial charge on any atom is -0.483 e. The molecule has 0 aliphatic carbocycles. The molecular formula is C27H20N2O2. The average molecular weight is 404 g/mol. The third-order valence-corrected chi connectivity index (χ3v) is 5.80. The van der Waals surface area contributed by atoms with Crippen LogP contribution >= 0.6 is 0 Å². The Hall–Kier alpha value is -4.05. The molecule has 150 valence electrons. The van der Waals surface area contributed by atoms with E-state index in [-0.39, 0.29) is 0 Å². The normalized spacial score (nSPS) is 12.8. The molecule has 6 rings (SSSR count). The van der Waals surface area contributed by atoms with Gasteiger partial charge in [-0.2, -0.15) is 0 Å². The number of fused-ring (bicyclic) bond motifs is 6. The van der Waals surface area contributed by atoms with Crippen LogP contribution in [0.15, 0.2) is 77.7 Å². The number of nitrogens with zero attached hydrogens (tertiary/aromatic N) is 2. The van der Waals surface area contributed by atoms with E-state index in [1.54, 1.807) is 0 Å². The van der Waals surface area contributed by atoms with Crippen molar-refractivity contribution in [3.05, 3.63) is 90.5 Å². The molecule has 4 heteroatoms. The van der Waals surface area contributed by atoms with Crippen LogP contribution in [0.25, 0.3) is 50.9 Å². The fourth-order valence-electron chi connectivity index (χ4n) is 4.44. The van der Waals surface area contributed by atoms with Gasteiger partial charge in [-0.3, -0.25) is 4.57 Å². The van der Waals surface area contributed by atoms with Crippen molar-refractivity contribution in [3.8, 4) is 22.6 Å². The highest BCUT2D eigenvalue weighted by Gasteiger charge is 2.24. The van der Waals surface area contributed by atoms with Crippen molar-refractivity contribution in [3.63, 3.8) is 0 Å². The van der Waals surface area contributed by atoms with E-state index < -0.39 is 0 Å². The molecule has 0 unspecified atom stereocenters. The number of furan rings is 1. The lowest BCUT2D eigenvalue weighted by atomic mass is 10.0. The Morgan fingerprint density at radius 1 is 1.03 bits per heavy atom. The van der Waals surface area contributed by atoms with Crippen LogP contribution in [0.5, 0.6) is 5.75 Å². The molecule has 4 nitrogen and oxygen atoms in total. The van der Waals surface area contributed by atoms with E-state index >= 15 is 0 Å². The molecule has 0 N–H and O–H groups in total. The molecule has 5 aromatic rings. The van der Waals surface area contributed by atoms with Crippen molar-refractivity contribution in [2.24, 2.45) is 0 Å². The van der Waals surface area contributed by atoms with Crippen molar-refractivity contribution in [1.82, 2.24) is 9.55 Å². The summed E-state index contributed by atoms with van der Waals surface area (Å²) in [5.74, 6) is 1.70. The van der Waals surface area contributed by atoms with Gasteiger partial charge in [-0.05, 0) is 42.8 Å². The molecule has 1 aliphatic rings. The molecule has 0 amide bonds. The number of imidazole rings is 1. The fraction of sp³-hybridized carbons (Fsp3) is 0.0741. The van der Waals surface area contributed by atoms with E-state index in [1.165, 1.54) is 0 Å². The van der Waals surface area contributed by atoms with Crippen molar-refractivity contribution >= 4 is 34.1 Å². The Morgan fingerprint density at radius 2 is 1.90 bits per heavy atom. The van der Waals surface area contributed by atoms with Crippen molar-refractivity contribution in [1.29, 1.82) is 0 Å². The van der Waals surface area contributed by atoms with Gasteiger partial charge >= 0.3 is 0 Å². The van der Waals surface area contributed by atoms with Crippen LogP contribution in [0.4, 0.5) is 0 Å². The molecule has 0 bridgehead atoms. The van der Waals surface area contributed by atoms with Crippen LogP contribution in [0.3, 0.4) is 0 Å². The van der Waals surface area contributed by atoms with E-state index in [0.717, 1.165) is 61.7 Å². The van der Waals surface area contributed by atoms with Gasteiger partial charge in [0.25, 0.3) is 0 Å². The molecule has 0 fully saturated rings. The number of ether oxygens (including phenoxy) is 1. The number of para-hydroxylation sites is 2. The van der Waals surface area contributed by atoms with Gasteiger partial charge in [0.2, 0.25) is 0 Å². The van der Waals surface area contributed by atoms with E-state index in [4.69, 9.17) is 14.1 Å². The summed E-state index contributed by atoms with van der Waals surface area (Å²) < 4.78 is 14.4. The van der Waals surface area contributed by atoms with Crippen LogP contribution in [-0.2, 0) is 6.61 Å². The second-order valence-electron chi connectivity index (χ2n) is 7.59. The van der Waals surface area contributed by atoms with Crippen LogP contribution in [0.1, 0.15) is 24.1 Å². The van der Waals surface area contributed by atoms with Gasteiger partial charge in [0, 0.05) is 16.3 Å². The molecular weight excluding hydrogens is 384 g/mol. The zero-order valence-corrected chi connectivity index (χ0v) is 17.1. The lowest BCUT2D eigenvalue weighted by molar-refractivity contribution is 0.279. The summed E-state index contributed by atoms with van der Waals surface area (Å²) in [4.78, 5) is 4.75. The summed E-state index contributed by atoms with van der Waals surface area (Å²) in [5.41, 5.74) is 6.74. The van der Waals surface area contributed by atoms with Gasteiger partial charge in [-0.25, -0.2) is 4.98 Å². The Morgan fingerprint density at radius 3 is 2.77 bits per heavy atom. The number of rotatable bonds is 3. The van der Waals surface area contributed by atoms with Crippen LogP contribution < -0.4 is 4.74 Å². The first-order chi connectivity index (χ1) is 15.3. The minimum absolute atomic E-state index is 0.434. The largest absolute Gasteiger partial charge is 0.483 e. The van der Waals surface area contributed by atoms with Gasteiger partial charge in [0.15, 0.2) is 5.82 Å². The van der Waals surface area contributed by atoms with Gasteiger partial charge in [-0.15, -0.1) is 0 Å². The van der Waals surface area contributed by atoms with Crippen molar-refractivity contribution in [2.45, 2.75) is 13.5 Å². The summed E-state index contributed by atoms with van der Waals surface area (Å²) in [6.07, 6.45) is 5.84. The van der Waals surface area contributed by atoms with E-state index in [1.807, 2.05) is 49.4 Å². The number of hydrogen-bond donors (Lipinski definition) is 0. The maximum Gasteiger partial charge on any atom is 0.152 e. The molecule has 0 atom stereocenters. The Bertz CT molecular complexity index is 1520. The molecule has 1 aliphatic heterocycles. The summed E-state index contributed by atoms with van der Waals surface area (Å²) in [6, 6.07) is 20.7. The Balaban J connectivity index is 1.59. The molecule has 31 heavy (non-hydrogen) atoms. The number of aromatic nitrogens is 2. The van der Waals surface area contributed by atoms with E-state index in [9.17, 15) is 0 Å². The van der Waals surface area contributed by atoms with Crippen molar-refractivity contribution in [2.75, 3.05) is 0 Å². The fourth-order valence-corrected chi connectivity index (χ4v) is 4.44. The predicted molar refractivity (Wildman–Crippen MR) is 125 cm³/mol. The third kappa shape index (κ3) is 2.58. The van der Waals surface area contributed by atoms with E-state index in [0.29, 0.717) is 6.61 Å². The maximum atomic E-state index is 6.26. The second kappa shape index (κ2) is 6.74. The highest BCUT2D eigenvalue weighted by Crippen LogP contribution is 2.40. The monoisotopic (exact) mass is 404 g/mol. The molecule has 0 saturated carbocycles. The average Bonchev–Trinajstić information content (AvgIpc) is 3.36. The van der Waals surface area contributed by atoms with Crippen LogP contribution in [0, 0.1) is 0 Å². The van der Waals surface area contributed by atoms with Gasteiger partial charge in [-0.1, -0.05) is 55.1 Å². The smallest absolute Gasteiger partial charge is 0.152 e. The predicted octanol–water partition coefficient (Wildman–Crippen LogP) is 7.01. The summed E-state index contributed by atoms with van der Waals surface area (Å²) in [5, 5.41) is 2.25. The van der Waals surface area contributed by atoms with Crippen molar-refractivity contribution < 1.29 is 9.15 Å². The Labute approximate surface area is 179 Å². The Kier molecular flexibility index (Phi) is 3.87. The first kappa shape index (κ1) is 17.8. The summed E-state index contributed by atoms with van der Waals surface area (Å²) in [7, 11) is 0. The van der Waals surface area contributed by atoms with E-state index in [2.05, 4.69) is 47.5 Å². The SMILES string of the molecule is C=Cc1c(/C=C\C)nc2n1-c1cc(-c3cccc4c3oc3ccccc34)ccc1OC2. The minimum atomic E-state index is 0.434. The lowest BCUT2D eigenvalue weighted by Crippen LogP contribution is -2.14. The molecule has 0 spiro atoms. The summed E-state index contributed by atoms with van der Waals surface area (Å²) >= 11 is 0. The van der Waals surface area contributed by atoms with Gasteiger partial charge in [0.05, 0.1) is 17.1 Å². The topological polar surface area (TPSA) is 40.2 Å². The van der Waals surface area contributed by atoms with Gasteiger partial charge < -0.3 is 9.15 Å². The third-order valence-electron chi connectivity index (χ3n) is 5.80. The first-order valence-electron chi connectivity index (χ1n) is 10.3. The molecule has 0 saturated heterocycles. The summed E-state index contributed by atoms with van der Waals surface area (Å²) in [6.45, 7) is 6.44. The quantitative estimate of drug-likeness (QED) is 0.325. The first-order valence-corrected chi connectivity index (χ1v) is 10.3. The number of benzene rings is 3.